The first-order valence-electron chi connectivity index (χ1n) is 12.3. The fourth-order valence-corrected chi connectivity index (χ4v) is 5.53. The summed E-state index contributed by atoms with van der Waals surface area (Å²) in [6.45, 7) is 6.72. The molecule has 3 N–H and O–H groups in total. The minimum absolute atomic E-state index is 0.176. The van der Waals surface area contributed by atoms with Crippen molar-refractivity contribution in [1.82, 2.24) is 0 Å². The fraction of sp³-hybridized carbons (Fsp3) is 0.500. The third-order valence-corrected chi connectivity index (χ3v) is 8.89. The lowest BCUT2D eigenvalue weighted by molar-refractivity contribution is 0.0487. The van der Waals surface area contributed by atoms with Gasteiger partial charge in [0.05, 0.1) is 33.6 Å². The molecule has 0 spiro atoms. The summed E-state index contributed by atoms with van der Waals surface area (Å²) >= 11 is 0. The van der Waals surface area contributed by atoms with Gasteiger partial charge in [-0.2, -0.15) is 0 Å². The number of aliphatic hydroxyl groups is 3. The molecular weight excluding hydrogens is 495 g/mol. The molecule has 0 heterocycles. The van der Waals surface area contributed by atoms with Gasteiger partial charge in [-0.3, -0.25) is 9.59 Å². The maximum absolute atomic E-state index is 13.2. The van der Waals surface area contributed by atoms with Crippen molar-refractivity contribution < 1.29 is 38.9 Å². The van der Waals surface area contributed by atoms with E-state index in [-0.39, 0.29) is 37.5 Å². The van der Waals surface area contributed by atoms with Crippen LogP contribution in [0.3, 0.4) is 0 Å². The van der Waals surface area contributed by atoms with Crippen LogP contribution in [0.4, 0.5) is 0 Å². The van der Waals surface area contributed by atoms with Crippen molar-refractivity contribution in [3.05, 3.63) is 70.8 Å². The molecule has 204 valence electrons. The minimum Gasteiger partial charge on any atom is -0.396 e. The largest absolute Gasteiger partial charge is 0.396 e. The van der Waals surface area contributed by atoms with Crippen molar-refractivity contribution in [3.8, 4) is 0 Å². The van der Waals surface area contributed by atoms with E-state index in [2.05, 4.69) is 0 Å². The number of carbonyl (C=O) groups is 2. The molecule has 2 rings (SSSR count). The Morgan fingerprint density at radius 3 is 1.35 bits per heavy atom. The molecule has 0 amide bonds. The van der Waals surface area contributed by atoms with Crippen LogP contribution in [-0.2, 0) is 27.3 Å². The van der Waals surface area contributed by atoms with Crippen LogP contribution in [0.25, 0.3) is 0 Å². The summed E-state index contributed by atoms with van der Waals surface area (Å²) in [5.41, 5.74) is -0.327. The lowest BCUT2D eigenvalue weighted by Crippen LogP contribution is -2.31. The van der Waals surface area contributed by atoms with Crippen LogP contribution in [0.1, 0.15) is 59.5 Å². The van der Waals surface area contributed by atoms with Gasteiger partial charge in [-0.25, -0.2) is 0 Å². The van der Waals surface area contributed by atoms with Gasteiger partial charge in [0.1, 0.15) is 11.2 Å². The van der Waals surface area contributed by atoms with E-state index < -0.39 is 18.3 Å². The number of ketones is 2. The van der Waals surface area contributed by atoms with Crippen LogP contribution < -0.4 is 0 Å². The maximum Gasteiger partial charge on any atom is 0.193 e. The van der Waals surface area contributed by atoms with Gasteiger partial charge in [-0.15, -0.1) is 0 Å². The topological polar surface area (TPSA) is 130 Å². The van der Waals surface area contributed by atoms with E-state index in [1.165, 1.54) is 27.7 Å². The molecule has 9 heteroatoms. The minimum atomic E-state index is -2.69. The fourth-order valence-electron chi connectivity index (χ4n) is 3.57. The zero-order valence-corrected chi connectivity index (χ0v) is 23.0. The summed E-state index contributed by atoms with van der Waals surface area (Å²) in [6.07, 6.45) is 0.834. The number of rotatable bonds is 16. The Bertz CT molecular complexity index is 982. The van der Waals surface area contributed by atoms with Crippen LogP contribution in [0.15, 0.2) is 48.5 Å². The first-order chi connectivity index (χ1) is 17.2. The zero-order valence-electron chi connectivity index (χ0n) is 22.1. The molecule has 2 aromatic rings. The van der Waals surface area contributed by atoms with Crippen molar-refractivity contribution in [2.45, 2.75) is 52.1 Å². The number of benzene rings is 2. The first-order valence-corrected chi connectivity index (χ1v) is 14.6. The van der Waals surface area contributed by atoms with Crippen LogP contribution in [0.5, 0.6) is 0 Å². The van der Waals surface area contributed by atoms with Crippen LogP contribution in [-0.4, -0.2) is 76.4 Å². The normalized spacial score (nSPS) is 12.5. The third kappa shape index (κ3) is 10.2. The second kappa shape index (κ2) is 13.6. The molecule has 0 aliphatic carbocycles. The van der Waals surface area contributed by atoms with Crippen molar-refractivity contribution in [2.24, 2.45) is 0 Å². The number of carbonyl (C=O) groups excluding carboxylic acids is 2. The maximum atomic E-state index is 13.2. The SMILES string of the molecule is CC(C)(O)C(=O)c1ccc(COCCP(=O)(CCO)CCOCc2ccc(C(=O)C(C)(C)O)cc2)cc1. The molecule has 8 nitrogen and oxygen atoms in total. The Hall–Kier alpha value is -2.19. The van der Waals surface area contributed by atoms with E-state index in [0.29, 0.717) is 36.7 Å². The predicted molar refractivity (Wildman–Crippen MR) is 143 cm³/mol. The second-order valence-electron chi connectivity index (χ2n) is 10.2. The Morgan fingerprint density at radius 1 is 0.703 bits per heavy atom. The van der Waals surface area contributed by atoms with E-state index in [1.54, 1.807) is 48.5 Å². The molecule has 37 heavy (non-hydrogen) atoms. The van der Waals surface area contributed by atoms with Gasteiger partial charge >= 0.3 is 0 Å². The molecule has 0 radical (unpaired) electrons. The zero-order chi connectivity index (χ0) is 27.7. The summed E-state index contributed by atoms with van der Waals surface area (Å²) in [5, 5.41) is 29.1. The number of hydrogen-bond donors (Lipinski definition) is 3. The number of aliphatic hydroxyl groups excluding tert-OH is 1. The highest BCUT2D eigenvalue weighted by atomic mass is 31.2. The molecule has 0 aromatic heterocycles. The smallest absolute Gasteiger partial charge is 0.193 e. The predicted octanol–water partition coefficient (Wildman–Crippen LogP) is 3.68. The number of hydrogen-bond acceptors (Lipinski definition) is 8. The highest BCUT2D eigenvalue weighted by molar-refractivity contribution is 7.64. The van der Waals surface area contributed by atoms with Crippen molar-refractivity contribution >= 4 is 18.7 Å². The number of Topliss-reactive ketones (excluding diaryl/α,β-unsaturated/α-hetero) is 2. The lowest BCUT2D eigenvalue weighted by atomic mass is 9.96. The molecule has 0 atom stereocenters. The van der Waals surface area contributed by atoms with Gasteiger partial charge in [0.15, 0.2) is 11.6 Å². The molecule has 0 bridgehead atoms. The monoisotopic (exact) mass is 534 g/mol. The number of ether oxygens (including phenoxy) is 2. The van der Waals surface area contributed by atoms with Gasteiger partial charge in [-0.05, 0) is 38.8 Å². The highest BCUT2D eigenvalue weighted by Gasteiger charge is 2.26. The quantitative estimate of drug-likeness (QED) is 0.169. The average Bonchev–Trinajstić information content (AvgIpc) is 2.83. The van der Waals surface area contributed by atoms with Gasteiger partial charge in [0, 0.05) is 36.2 Å². The van der Waals surface area contributed by atoms with Crippen molar-refractivity contribution in [2.75, 3.05) is 38.3 Å². The Labute approximate surface area is 219 Å². The lowest BCUT2D eigenvalue weighted by Gasteiger charge is -2.18. The van der Waals surface area contributed by atoms with E-state index >= 15 is 0 Å². The summed E-state index contributed by atoms with van der Waals surface area (Å²) in [4.78, 5) is 24.2. The van der Waals surface area contributed by atoms with Gasteiger partial charge in [-0.1, -0.05) is 48.5 Å². The van der Waals surface area contributed by atoms with Crippen LogP contribution >= 0.6 is 7.14 Å². The first kappa shape index (κ1) is 31.0. The molecule has 0 aliphatic rings. The van der Waals surface area contributed by atoms with E-state index in [9.17, 15) is 29.5 Å². The molecule has 0 saturated carbocycles. The third-order valence-electron chi connectivity index (χ3n) is 5.87. The van der Waals surface area contributed by atoms with Crippen LogP contribution in [0, 0.1) is 0 Å². The Kier molecular flexibility index (Phi) is 11.4. The molecular formula is C28H39O8P. The van der Waals surface area contributed by atoms with E-state index in [4.69, 9.17) is 9.47 Å². The molecule has 0 saturated heterocycles. The molecule has 2 aromatic carbocycles. The molecule has 0 fully saturated rings. The van der Waals surface area contributed by atoms with Gasteiger partial charge in [0.2, 0.25) is 0 Å². The molecule has 0 aliphatic heterocycles. The second-order valence-corrected chi connectivity index (χ2v) is 13.7. The van der Waals surface area contributed by atoms with Crippen molar-refractivity contribution in [3.63, 3.8) is 0 Å². The standard InChI is InChI=1S/C28H39O8P/c1-27(2,32)25(30)23-9-5-21(6-10-23)19-35-14-17-37(34,16-13-29)18-15-36-20-22-7-11-24(12-8-22)26(31)28(3,4)33/h5-12,29,32-33H,13-20H2,1-4H3. The average molecular weight is 535 g/mol. The van der Waals surface area contributed by atoms with Gasteiger partial charge < -0.3 is 29.4 Å². The summed E-state index contributed by atoms with van der Waals surface area (Å²) in [6, 6.07) is 13.6. The van der Waals surface area contributed by atoms with E-state index in [0.717, 1.165) is 11.1 Å². The van der Waals surface area contributed by atoms with Crippen molar-refractivity contribution in [1.29, 1.82) is 0 Å². The Balaban J connectivity index is 1.77. The summed E-state index contributed by atoms with van der Waals surface area (Å²) in [7, 11) is -2.69. The summed E-state index contributed by atoms with van der Waals surface area (Å²) in [5.74, 6) is -0.713. The highest BCUT2D eigenvalue weighted by Crippen LogP contribution is 2.44. The van der Waals surface area contributed by atoms with Gasteiger partial charge in [0.25, 0.3) is 0 Å². The molecule has 0 unspecified atom stereocenters. The van der Waals surface area contributed by atoms with E-state index in [1.807, 2.05) is 0 Å². The summed E-state index contributed by atoms with van der Waals surface area (Å²) < 4.78 is 24.6. The van der Waals surface area contributed by atoms with Crippen LogP contribution in [0.2, 0.25) is 0 Å². The Morgan fingerprint density at radius 2 is 1.05 bits per heavy atom.